The Morgan fingerprint density at radius 3 is 2.38 bits per heavy atom. The van der Waals surface area contributed by atoms with Crippen LogP contribution in [-0.4, -0.2) is 59.0 Å². The van der Waals surface area contributed by atoms with Gasteiger partial charge in [0.15, 0.2) is 0 Å². The average Bonchev–Trinajstić information content (AvgIpc) is 2.85. The molecule has 7 nitrogen and oxygen atoms in total. The highest BCUT2D eigenvalue weighted by Gasteiger charge is 2.57. The summed E-state index contributed by atoms with van der Waals surface area (Å²) in [4.78, 5) is 40.1. The van der Waals surface area contributed by atoms with Crippen molar-refractivity contribution in [3.8, 4) is 0 Å². The summed E-state index contributed by atoms with van der Waals surface area (Å²) >= 11 is 0. The Labute approximate surface area is 155 Å². The number of allylic oxidation sites excluding steroid dienone is 1. The van der Waals surface area contributed by atoms with Crippen LogP contribution < -0.4 is 10.6 Å². The van der Waals surface area contributed by atoms with Crippen LogP contribution in [0, 0.1) is 23.7 Å². The van der Waals surface area contributed by atoms with Gasteiger partial charge in [0.05, 0.1) is 24.5 Å². The lowest BCUT2D eigenvalue weighted by molar-refractivity contribution is -0.143. The van der Waals surface area contributed by atoms with E-state index in [2.05, 4.69) is 10.6 Å². The van der Waals surface area contributed by atoms with Gasteiger partial charge < -0.3 is 20.6 Å². The first-order valence-electron chi connectivity index (χ1n) is 9.18. The molecule has 0 radical (unpaired) electrons. The highest BCUT2D eigenvalue weighted by Crippen LogP contribution is 2.44. The second-order valence-electron chi connectivity index (χ2n) is 8.45. The Morgan fingerprint density at radius 2 is 1.88 bits per heavy atom. The number of fused-ring (bicyclic) bond motifs is 1. The molecule has 0 unspecified atom stereocenters. The number of nitrogens with one attached hydrogen (secondary N) is 2. The van der Waals surface area contributed by atoms with Gasteiger partial charge in [-0.1, -0.05) is 19.1 Å². The fourth-order valence-electron chi connectivity index (χ4n) is 4.12. The molecule has 26 heavy (non-hydrogen) atoms. The second-order valence-corrected chi connectivity index (χ2v) is 8.45. The molecule has 0 saturated carbocycles. The number of hydrogen-bond acceptors (Lipinski definition) is 4. The molecule has 1 fully saturated rings. The number of carbonyl (C=O) groups excluding carboxylic acids is 3. The third-order valence-electron chi connectivity index (χ3n) is 5.26. The second kappa shape index (κ2) is 7.39. The van der Waals surface area contributed by atoms with Gasteiger partial charge in [-0.15, -0.1) is 0 Å². The van der Waals surface area contributed by atoms with Gasteiger partial charge in [0.1, 0.15) is 6.04 Å². The normalized spacial score (nSPS) is 32.2. The molecule has 6 atom stereocenters. The maximum Gasteiger partial charge on any atom is 0.243 e. The number of amides is 3. The molecule has 7 heteroatoms. The first kappa shape index (κ1) is 20.4. The summed E-state index contributed by atoms with van der Waals surface area (Å²) in [6, 6.07) is -1.23. The lowest BCUT2D eigenvalue weighted by Gasteiger charge is -2.34. The van der Waals surface area contributed by atoms with Crippen LogP contribution in [0.25, 0.3) is 0 Å². The van der Waals surface area contributed by atoms with Gasteiger partial charge in [0.2, 0.25) is 17.7 Å². The summed E-state index contributed by atoms with van der Waals surface area (Å²) < 4.78 is 0. The van der Waals surface area contributed by atoms with E-state index < -0.39 is 35.4 Å². The van der Waals surface area contributed by atoms with Gasteiger partial charge >= 0.3 is 0 Å². The van der Waals surface area contributed by atoms with Crippen LogP contribution in [-0.2, 0) is 14.4 Å². The van der Waals surface area contributed by atoms with E-state index in [1.165, 1.54) is 4.90 Å². The molecule has 3 amide bonds. The monoisotopic (exact) mass is 365 g/mol. The number of aliphatic hydroxyl groups is 1. The maximum atomic E-state index is 13.2. The average molecular weight is 365 g/mol. The molecule has 1 saturated heterocycles. The molecule has 2 rings (SSSR count). The number of carbonyl (C=O) groups is 3. The number of likely N-dealkylation sites (tertiary alicyclic amines) is 1. The molecule has 2 aliphatic rings. The summed E-state index contributed by atoms with van der Waals surface area (Å²) in [5.41, 5.74) is -0.446. The van der Waals surface area contributed by atoms with E-state index in [0.717, 1.165) is 0 Å². The largest absolute Gasteiger partial charge is 0.394 e. The van der Waals surface area contributed by atoms with Crippen LogP contribution in [0.2, 0.25) is 0 Å². The molecule has 146 valence electrons. The van der Waals surface area contributed by atoms with Crippen molar-refractivity contribution in [2.75, 3.05) is 13.7 Å². The SMILES string of the molecule is CNC(=O)[C@H]1[C@@H]2C(=O)N([C@H](C)CO)[C@H](C(=O)NC(C)(C)C)[C@H]2C=C[C@H]1C. The zero-order chi connectivity index (χ0) is 19.8. The number of rotatable bonds is 4. The minimum Gasteiger partial charge on any atom is -0.394 e. The molecule has 0 aromatic rings. The molecule has 1 aliphatic heterocycles. The van der Waals surface area contributed by atoms with Crippen molar-refractivity contribution in [2.24, 2.45) is 23.7 Å². The maximum absolute atomic E-state index is 13.2. The summed E-state index contributed by atoms with van der Waals surface area (Å²) in [6.07, 6.45) is 3.81. The van der Waals surface area contributed by atoms with E-state index in [-0.39, 0.29) is 30.2 Å². The third-order valence-corrected chi connectivity index (χ3v) is 5.26. The zero-order valence-electron chi connectivity index (χ0n) is 16.4. The Balaban J connectivity index is 2.48. The molecule has 1 heterocycles. The van der Waals surface area contributed by atoms with Gasteiger partial charge in [-0.05, 0) is 33.6 Å². The summed E-state index contributed by atoms with van der Waals surface area (Å²) in [6.45, 7) is 9.02. The van der Waals surface area contributed by atoms with Crippen molar-refractivity contribution >= 4 is 17.7 Å². The third kappa shape index (κ3) is 3.63. The first-order chi connectivity index (χ1) is 12.0. The Morgan fingerprint density at radius 1 is 1.27 bits per heavy atom. The minimum atomic E-state index is -0.732. The number of nitrogens with zero attached hydrogens (tertiary/aromatic N) is 1. The van der Waals surface area contributed by atoms with Crippen LogP contribution >= 0.6 is 0 Å². The lowest BCUT2D eigenvalue weighted by atomic mass is 9.70. The van der Waals surface area contributed by atoms with Gasteiger partial charge in [0, 0.05) is 18.5 Å². The van der Waals surface area contributed by atoms with Crippen LogP contribution in [0.1, 0.15) is 34.6 Å². The van der Waals surface area contributed by atoms with E-state index in [4.69, 9.17) is 0 Å². The van der Waals surface area contributed by atoms with Crippen molar-refractivity contribution in [1.29, 1.82) is 0 Å². The van der Waals surface area contributed by atoms with Crippen molar-refractivity contribution in [3.63, 3.8) is 0 Å². The van der Waals surface area contributed by atoms with E-state index in [9.17, 15) is 19.5 Å². The van der Waals surface area contributed by atoms with E-state index >= 15 is 0 Å². The highest BCUT2D eigenvalue weighted by atomic mass is 16.3. The van der Waals surface area contributed by atoms with Crippen molar-refractivity contribution in [3.05, 3.63) is 12.2 Å². The van der Waals surface area contributed by atoms with Crippen LogP contribution in [0.4, 0.5) is 0 Å². The molecular formula is C19H31N3O4. The molecular weight excluding hydrogens is 334 g/mol. The van der Waals surface area contributed by atoms with Crippen LogP contribution in [0.15, 0.2) is 12.2 Å². The molecule has 0 spiro atoms. The van der Waals surface area contributed by atoms with Crippen molar-refractivity contribution in [2.45, 2.75) is 52.2 Å². The predicted molar refractivity (Wildman–Crippen MR) is 97.9 cm³/mol. The van der Waals surface area contributed by atoms with Crippen molar-refractivity contribution in [1.82, 2.24) is 15.5 Å². The topological polar surface area (TPSA) is 98.7 Å². The molecule has 0 aromatic carbocycles. The Hall–Kier alpha value is -1.89. The van der Waals surface area contributed by atoms with Gasteiger partial charge in [-0.25, -0.2) is 0 Å². The quantitative estimate of drug-likeness (QED) is 0.624. The van der Waals surface area contributed by atoms with E-state index in [0.29, 0.717) is 0 Å². The smallest absolute Gasteiger partial charge is 0.243 e. The fraction of sp³-hybridized carbons (Fsp3) is 0.737. The summed E-state index contributed by atoms with van der Waals surface area (Å²) in [7, 11) is 1.56. The molecule has 0 bridgehead atoms. The summed E-state index contributed by atoms with van der Waals surface area (Å²) in [5.74, 6) is -2.31. The van der Waals surface area contributed by atoms with Crippen LogP contribution in [0.3, 0.4) is 0 Å². The minimum absolute atomic E-state index is 0.101. The van der Waals surface area contributed by atoms with Gasteiger partial charge in [-0.3, -0.25) is 14.4 Å². The van der Waals surface area contributed by atoms with Crippen LogP contribution in [0.5, 0.6) is 0 Å². The zero-order valence-corrected chi connectivity index (χ0v) is 16.4. The van der Waals surface area contributed by atoms with E-state index in [1.807, 2.05) is 39.8 Å². The van der Waals surface area contributed by atoms with Gasteiger partial charge in [0.25, 0.3) is 0 Å². The summed E-state index contributed by atoms with van der Waals surface area (Å²) in [5, 5.41) is 15.2. The highest BCUT2D eigenvalue weighted by molar-refractivity contribution is 5.97. The Bertz CT molecular complexity index is 610. The number of aliphatic hydroxyl groups excluding tert-OH is 1. The van der Waals surface area contributed by atoms with E-state index in [1.54, 1.807) is 14.0 Å². The first-order valence-corrected chi connectivity index (χ1v) is 9.18. The fourth-order valence-corrected chi connectivity index (χ4v) is 4.12. The molecule has 0 aromatic heterocycles. The Kier molecular flexibility index (Phi) is 5.80. The lowest BCUT2D eigenvalue weighted by Crippen LogP contribution is -2.55. The predicted octanol–water partition coefficient (Wildman–Crippen LogP) is 0.293. The number of hydrogen-bond donors (Lipinski definition) is 3. The molecule has 3 N–H and O–H groups in total. The standard InChI is InChI=1S/C19H31N3O4/c1-10-7-8-12-14(13(10)16(24)20-6)18(26)22(11(2)9-23)15(12)17(25)21-19(3,4)5/h7-8,10-15,23H,9H2,1-6H3,(H,20,24)(H,21,25)/t10-,11-,12+,13-,14-,15+/m1/s1. The molecule has 1 aliphatic carbocycles. The van der Waals surface area contributed by atoms with Crippen molar-refractivity contribution < 1.29 is 19.5 Å². The van der Waals surface area contributed by atoms with Gasteiger partial charge in [-0.2, -0.15) is 0 Å².